The number of aromatic nitrogens is 2. The van der Waals surface area contributed by atoms with Crippen LogP contribution in [0.15, 0.2) is 30.3 Å². The fraction of sp³-hybridized carbons (Fsp3) is 0.333. The predicted octanol–water partition coefficient (Wildman–Crippen LogP) is 2.43. The van der Waals surface area contributed by atoms with E-state index in [-0.39, 0.29) is 0 Å². The van der Waals surface area contributed by atoms with Crippen molar-refractivity contribution < 1.29 is 13.7 Å². The zero-order valence-corrected chi connectivity index (χ0v) is 13.1. The molecule has 0 bridgehead atoms. The zero-order chi connectivity index (χ0) is 15.4. The summed E-state index contributed by atoms with van der Waals surface area (Å²) in [6, 6.07) is 8.77. The fourth-order valence-electron chi connectivity index (χ4n) is 2.08. The van der Waals surface area contributed by atoms with E-state index in [9.17, 15) is 9.00 Å². The Labute approximate surface area is 126 Å². The van der Waals surface area contributed by atoms with Crippen molar-refractivity contribution in [3.05, 3.63) is 47.2 Å². The van der Waals surface area contributed by atoms with Crippen LogP contribution in [0, 0.1) is 0 Å². The second-order valence-electron chi connectivity index (χ2n) is 4.34. The van der Waals surface area contributed by atoms with Gasteiger partial charge in [0.15, 0.2) is 0 Å². The summed E-state index contributed by atoms with van der Waals surface area (Å²) in [7, 11) is 0.784. The molecule has 0 radical (unpaired) electrons. The lowest BCUT2D eigenvalue weighted by atomic mass is 10.2. The van der Waals surface area contributed by atoms with Crippen LogP contribution in [0.25, 0.3) is 0 Å². The number of hydrogen-bond acceptors (Lipinski definition) is 4. The van der Waals surface area contributed by atoms with Crippen LogP contribution in [0.4, 0.5) is 0 Å². The van der Waals surface area contributed by atoms with Crippen molar-refractivity contribution in [1.29, 1.82) is 0 Å². The maximum atomic E-state index is 12.0. The number of aryl methyl sites for hydroxylation is 1. The fourth-order valence-corrected chi connectivity index (χ4v) is 3.33. The van der Waals surface area contributed by atoms with Gasteiger partial charge < -0.3 is 4.74 Å². The van der Waals surface area contributed by atoms with E-state index in [1.807, 2.05) is 19.9 Å². The number of carbonyl (C=O) groups is 1. The van der Waals surface area contributed by atoms with Gasteiger partial charge in [0.05, 0.1) is 28.3 Å². The molecule has 2 heterocycles. The van der Waals surface area contributed by atoms with Gasteiger partial charge in [0.2, 0.25) is 5.88 Å². The quantitative estimate of drug-likeness (QED) is 0.800. The van der Waals surface area contributed by atoms with E-state index in [1.54, 1.807) is 31.3 Å². The molecule has 21 heavy (non-hydrogen) atoms. The molecule has 1 atom stereocenters. The largest absolute Gasteiger partial charge is 0.404 e. The lowest BCUT2D eigenvalue weighted by Gasteiger charge is -2.06. The first-order valence-electron chi connectivity index (χ1n) is 6.82. The topological polar surface area (TPSA) is 61.2 Å². The Morgan fingerprint density at radius 1 is 1.24 bits per heavy atom. The molecule has 1 aliphatic rings. The number of benzene rings is 1. The van der Waals surface area contributed by atoms with Crippen LogP contribution in [0.2, 0.25) is 0 Å². The molecule has 0 spiro atoms. The summed E-state index contributed by atoms with van der Waals surface area (Å²) < 4.78 is 18.4. The summed E-state index contributed by atoms with van der Waals surface area (Å²) in [5, 5.41) is 4.23. The van der Waals surface area contributed by atoms with Crippen LogP contribution < -0.4 is 4.74 Å². The smallest absolute Gasteiger partial charge is 0.344 e. The molecule has 0 saturated carbocycles. The standard InChI is InChI=1S/C13H12N2O3S.C2H6/c1-15-12(10-7-19(17)8-11(10)14-15)18-13(16)9-5-3-2-4-6-9;1-2/h2-6H,7-8H2,1H3;1-2H3. The van der Waals surface area contributed by atoms with Gasteiger partial charge in [0.25, 0.3) is 0 Å². The van der Waals surface area contributed by atoms with Crippen molar-refractivity contribution in [2.45, 2.75) is 25.4 Å². The predicted molar refractivity (Wildman–Crippen MR) is 81.5 cm³/mol. The van der Waals surface area contributed by atoms with Gasteiger partial charge in [0, 0.05) is 17.8 Å². The van der Waals surface area contributed by atoms with Crippen molar-refractivity contribution in [2.24, 2.45) is 7.05 Å². The van der Waals surface area contributed by atoms with Gasteiger partial charge in [-0.1, -0.05) is 32.0 Å². The van der Waals surface area contributed by atoms with Crippen LogP contribution in [-0.2, 0) is 29.4 Å². The molecular formula is C15H18N2O3S. The van der Waals surface area contributed by atoms with Crippen LogP contribution in [0.3, 0.4) is 0 Å². The highest BCUT2D eigenvalue weighted by Gasteiger charge is 2.28. The molecule has 1 aromatic heterocycles. The van der Waals surface area contributed by atoms with Crippen LogP contribution in [0.1, 0.15) is 35.5 Å². The van der Waals surface area contributed by atoms with Gasteiger partial charge in [-0.05, 0) is 12.1 Å². The zero-order valence-electron chi connectivity index (χ0n) is 12.3. The molecule has 0 N–H and O–H groups in total. The van der Waals surface area contributed by atoms with E-state index in [4.69, 9.17) is 4.74 Å². The number of rotatable bonds is 2. The molecule has 112 valence electrons. The number of carbonyl (C=O) groups excluding carboxylic acids is 1. The normalized spacial score (nSPS) is 15.9. The van der Waals surface area contributed by atoms with Crippen molar-refractivity contribution in [2.75, 3.05) is 0 Å². The summed E-state index contributed by atoms with van der Waals surface area (Å²) in [5.74, 6) is 0.811. The SMILES string of the molecule is CC.Cn1nc2c(c1OC(=O)c1ccccc1)CS(=O)C2. The van der Waals surface area contributed by atoms with Gasteiger partial charge >= 0.3 is 5.97 Å². The average molecular weight is 306 g/mol. The second kappa shape index (κ2) is 6.67. The minimum absolute atomic E-state index is 0.398. The summed E-state index contributed by atoms with van der Waals surface area (Å²) in [5.41, 5.74) is 2.03. The molecule has 1 aromatic carbocycles. The Morgan fingerprint density at radius 2 is 1.90 bits per heavy atom. The first-order valence-corrected chi connectivity index (χ1v) is 8.31. The minimum Gasteiger partial charge on any atom is -0.404 e. The Morgan fingerprint density at radius 3 is 2.57 bits per heavy atom. The van der Waals surface area contributed by atoms with Crippen LogP contribution in [0.5, 0.6) is 5.88 Å². The molecule has 1 unspecified atom stereocenters. The summed E-state index contributed by atoms with van der Waals surface area (Å²) in [6.45, 7) is 4.00. The van der Waals surface area contributed by atoms with Gasteiger partial charge in [-0.15, -0.1) is 0 Å². The third-order valence-electron chi connectivity index (χ3n) is 2.97. The highest BCUT2D eigenvalue weighted by atomic mass is 32.2. The molecule has 0 amide bonds. The molecule has 5 nitrogen and oxygen atoms in total. The molecule has 2 aromatic rings. The van der Waals surface area contributed by atoms with Crippen molar-refractivity contribution in [1.82, 2.24) is 9.78 Å². The van der Waals surface area contributed by atoms with Crippen molar-refractivity contribution in [3.8, 4) is 5.88 Å². The van der Waals surface area contributed by atoms with Gasteiger partial charge in [-0.2, -0.15) is 5.10 Å². The van der Waals surface area contributed by atoms with Gasteiger partial charge in [0.1, 0.15) is 0 Å². The van der Waals surface area contributed by atoms with Crippen molar-refractivity contribution in [3.63, 3.8) is 0 Å². The van der Waals surface area contributed by atoms with Gasteiger partial charge in [-0.3, -0.25) is 4.21 Å². The summed E-state index contributed by atoms with van der Waals surface area (Å²) >= 11 is 0. The molecular weight excluding hydrogens is 288 g/mol. The summed E-state index contributed by atoms with van der Waals surface area (Å²) in [6.07, 6.45) is 0. The van der Waals surface area contributed by atoms with E-state index >= 15 is 0 Å². The van der Waals surface area contributed by atoms with Gasteiger partial charge in [-0.25, -0.2) is 9.48 Å². The highest BCUT2D eigenvalue weighted by Crippen LogP contribution is 2.30. The maximum absolute atomic E-state index is 12.0. The molecule has 0 fully saturated rings. The van der Waals surface area contributed by atoms with E-state index in [0.717, 1.165) is 11.3 Å². The van der Waals surface area contributed by atoms with E-state index in [2.05, 4.69) is 5.10 Å². The lowest BCUT2D eigenvalue weighted by molar-refractivity contribution is 0.0718. The molecule has 0 saturated heterocycles. The third-order valence-corrected chi connectivity index (χ3v) is 4.18. The average Bonchev–Trinajstić information content (AvgIpc) is 2.99. The maximum Gasteiger partial charge on any atom is 0.344 e. The molecule has 3 rings (SSSR count). The first kappa shape index (κ1) is 15.4. The Bertz CT molecular complexity index is 665. The van der Waals surface area contributed by atoms with Crippen molar-refractivity contribution >= 4 is 16.8 Å². The lowest BCUT2D eigenvalue weighted by Crippen LogP contribution is -2.12. The highest BCUT2D eigenvalue weighted by molar-refractivity contribution is 7.83. The van der Waals surface area contributed by atoms with Crippen LogP contribution >= 0.6 is 0 Å². The molecule has 6 heteroatoms. The number of ether oxygens (including phenoxy) is 1. The third kappa shape index (κ3) is 3.21. The van der Waals surface area contributed by atoms with E-state index < -0.39 is 16.8 Å². The second-order valence-corrected chi connectivity index (χ2v) is 5.80. The first-order chi connectivity index (χ1) is 10.1. The Kier molecular flexibility index (Phi) is 4.90. The number of fused-ring (bicyclic) bond motifs is 1. The van der Waals surface area contributed by atoms with E-state index in [0.29, 0.717) is 22.9 Å². The Hall–Kier alpha value is -1.95. The summed E-state index contributed by atoms with van der Waals surface area (Å²) in [4.78, 5) is 12.0. The number of hydrogen-bond donors (Lipinski definition) is 0. The minimum atomic E-state index is -0.933. The molecule has 1 aliphatic heterocycles. The van der Waals surface area contributed by atoms with E-state index in [1.165, 1.54) is 4.68 Å². The number of nitrogens with zero attached hydrogens (tertiary/aromatic N) is 2. The number of esters is 1. The van der Waals surface area contributed by atoms with Crippen LogP contribution in [-0.4, -0.2) is 20.0 Å². The Balaban J connectivity index is 0.000000774. The monoisotopic (exact) mass is 306 g/mol. The molecule has 0 aliphatic carbocycles.